The summed E-state index contributed by atoms with van der Waals surface area (Å²) in [4.78, 5) is 12.1. The zero-order valence-corrected chi connectivity index (χ0v) is 12.4. The number of amides is 1. The van der Waals surface area contributed by atoms with Crippen molar-refractivity contribution >= 4 is 21.8 Å². The summed E-state index contributed by atoms with van der Waals surface area (Å²) >= 11 is 3.54. The smallest absolute Gasteiger partial charge is 0.224 e. The van der Waals surface area contributed by atoms with Crippen molar-refractivity contribution in [1.82, 2.24) is 5.32 Å². The maximum Gasteiger partial charge on any atom is 0.224 e. The van der Waals surface area contributed by atoms with Gasteiger partial charge in [-0.15, -0.1) is 0 Å². The van der Waals surface area contributed by atoms with Gasteiger partial charge in [0.25, 0.3) is 0 Å². The summed E-state index contributed by atoms with van der Waals surface area (Å²) in [5.41, 5.74) is 2.31. The lowest BCUT2D eigenvalue weighted by atomic mass is 10.00. The molecule has 0 bridgehead atoms. The highest BCUT2D eigenvalue weighted by Gasteiger charge is 2.33. The molecule has 1 saturated carbocycles. The largest absolute Gasteiger partial charge is 0.350 e. The van der Waals surface area contributed by atoms with E-state index in [9.17, 15) is 4.79 Å². The molecule has 0 saturated heterocycles. The summed E-state index contributed by atoms with van der Waals surface area (Å²) in [6.45, 7) is 2.06. The number of hydrogen-bond donors (Lipinski definition) is 1. The Morgan fingerprint density at radius 2 is 1.89 bits per heavy atom. The van der Waals surface area contributed by atoms with E-state index in [0.29, 0.717) is 6.42 Å². The molecule has 2 rings (SSSR count). The number of alkyl halides is 1. The van der Waals surface area contributed by atoms with Crippen molar-refractivity contribution in [2.75, 3.05) is 5.33 Å². The van der Waals surface area contributed by atoms with Crippen LogP contribution in [0, 0.1) is 6.92 Å². The van der Waals surface area contributed by atoms with E-state index in [0.717, 1.165) is 23.7 Å². The van der Waals surface area contributed by atoms with Gasteiger partial charge in [-0.3, -0.25) is 4.79 Å². The Balaban J connectivity index is 1.94. The van der Waals surface area contributed by atoms with Crippen LogP contribution in [0.25, 0.3) is 0 Å². The Kier molecular flexibility index (Phi) is 4.44. The minimum Gasteiger partial charge on any atom is -0.350 e. The standard InChI is InChI=1S/C15H20BrNO/c1-12-4-6-13(7-5-12)10-14(18)17-15(11-16)8-2-3-9-15/h4-7H,2-3,8-11H2,1H3,(H,17,18). The first-order valence-electron chi connectivity index (χ1n) is 6.56. The summed E-state index contributed by atoms with van der Waals surface area (Å²) in [6.07, 6.45) is 5.11. The molecule has 2 nitrogen and oxygen atoms in total. The van der Waals surface area contributed by atoms with Crippen LogP contribution in [0.4, 0.5) is 0 Å². The Bertz CT molecular complexity index is 407. The van der Waals surface area contributed by atoms with Crippen LogP contribution < -0.4 is 5.32 Å². The van der Waals surface area contributed by atoms with Crippen LogP contribution in [-0.2, 0) is 11.2 Å². The van der Waals surface area contributed by atoms with Gasteiger partial charge in [-0.25, -0.2) is 0 Å². The molecule has 1 aliphatic carbocycles. The van der Waals surface area contributed by atoms with Crippen molar-refractivity contribution in [1.29, 1.82) is 0 Å². The normalized spacial score (nSPS) is 17.7. The zero-order valence-electron chi connectivity index (χ0n) is 10.8. The molecule has 0 unspecified atom stereocenters. The molecule has 0 spiro atoms. The van der Waals surface area contributed by atoms with E-state index in [4.69, 9.17) is 0 Å². The lowest BCUT2D eigenvalue weighted by Gasteiger charge is -2.28. The van der Waals surface area contributed by atoms with Gasteiger partial charge in [0.15, 0.2) is 0 Å². The SMILES string of the molecule is Cc1ccc(CC(=O)NC2(CBr)CCCC2)cc1. The molecule has 1 aromatic rings. The molecule has 1 aromatic carbocycles. The fourth-order valence-electron chi connectivity index (χ4n) is 2.58. The average Bonchev–Trinajstić information content (AvgIpc) is 2.81. The second-order valence-corrected chi connectivity index (χ2v) is 5.89. The van der Waals surface area contributed by atoms with Gasteiger partial charge < -0.3 is 5.32 Å². The lowest BCUT2D eigenvalue weighted by Crippen LogP contribution is -2.48. The summed E-state index contributed by atoms with van der Waals surface area (Å²) in [5.74, 6) is 0.139. The first-order chi connectivity index (χ1) is 8.63. The number of carbonyl (C=O) groups is 1. The number of benzene rings is 1. The van der Waals surface area contributed by atoms with Gasteiger partial charge in [0.1, 0.15) is 0 Å². The van der Waals surface area contributed by atoms with Crippen LogP contribution in [0.15, 0.2) is 24.3 Å². The average molecular weight is 310 g/mol. The number of aryl methyl sites for hydroxylation is 1. The van der Waals surface area contributed by atoms with Gasteiger partial charge in [-0.05, 0) is 25.3 Å². The van der Waals surface area contributed by atoms with E-state index in [1.54, 1.807) is 0 Å². The summed E-state index contributed by atoms with van der Waals surface area (Å²) in [5, 5.41) is 4.08. The highest BCUT2D eigenvalue weighted by Crippen LogP contribution is 2.31. The number of rotatable bonds is 4. The highest BCUT2D eigenvalue weighted by molar-refractivity contribution is 9.09. The zero-order chi connectivity index (χ0) is 13.0. The first-order valence-corrected chi connectivity index (χ1v) is 7.68. The van der Waals surface area contributed by atoms with Crippen LogP contribution >= 0.6 is 15.9 Å². The second-order valence-electron chi connectivity index (χ2n) is 5.33. The van der Waals surface area contributed by atoms with Crippen molar-refractivity contribution in [3.8, 4) is 0 Å². The van der Waals surface area contributed by atoms with Gasteiger partial charge >= 0.3 is 0 Å². The predicted octanol–water partition coefficient (Wildman–Crippen LogP) is 3.36. The minimum absolute atomic E-state index is 0.00177. The van der Waals surface area contributed by atoms with Crippen LogP contribution in [-0.4, -0.2) is 16.8 Å². The van der Waals surface area contributed by atoms with E-state index >= 15 is 0 Å². The molecule has 0 radical (unpaired) electrons. The summed E-state index contributed by atoms with van der Waals surface area (Å²) in [7, 11) is 0. The number of nitrogens with one attached hydrogen (secondary N) is 1. The lowest BCUT2D eigenvalue weighted by molar-refractivity contribution is -0.122. The maximum absolute atomic E-state index is 12.1. The van der Waals surface area contributed by atoms with Crippen molar-refractivity contribution in [3.63, 3.8) is 0 Å². The number of carbonyl (C=O) groups excluding carboxylic acids is 1. The van der Waals surface area contributed by atoms with E-state index in [2.05, 4.69) is 40.3 Å². The molecule has 3 heteroatoms. The van der Waals surface area contributed by atoms with Gasteiger partial charge in [0.2, 0.25) is 5.91 Å². The van der Waals surface area contributed by atoms with Crippen LogP contribution in [0.2, 0.25) is 0 Å². The van der Waals surface area contributed by atoms with E-state index < -0.39 is 0 Å². The molecule has 1 fully saturated rings. The van der Waals surface area contributed by atoms with Gasteiger partial charge in [-0.1, -0.05) is 58.6 Å². The summed E-state index contributed by atoms with van der Waals surface area (Å²) in [6, 6.07) is 8.17. The van der Waals surface area contributed by atoms with Crippen LogP contribution in [0.3, 0.4) is 0 Å². The minimum atomic E-state index is 0.00177. The molecule has 1 amide bonds. The molecular weight excluding hydrogens is 290 g/mol. The molecule has 0 heterocycles. The monoisotopic (exact) mass is 309 g/mol. The fraction of sp³-hybridized carbons (Fsp3) is 0.533. The van der Waals surface area contributed by atoms with Gasteiger partial charge in [0, 0.05) is 10.9 Å². The number of hydrogen-bond acceptors (Lipinski definition) is 1. The van der Waals surface area contributed by atoms with Gasteiger partial charge in [-0.2, -0.15) is 0 Å². The maximum atomic E-state index is 12.1. The van der Waals surface area contributed by atoms with Crippen molar-refractivity contribution in [2.24, 2.45) is 0 Å². The van der Waals surface area contributed by atoms with Gasteiger partial charge in [0.05, 0.1) is 6.42 Å². The fourth-order valence-corrected chi connectivity index (χ4v) is 3.28. The quantitative estimate of drug-likeness (QED) is 0.849. The Hall–Kier alpha value is -0.830. The third kappa shape index (κ3) is 3.35. The van der Waals surface area contributed by atoms with Crippen LogP contribution in [0.1, 0.15) is 36.8 Å². The van der Waals surface area contributed by atoms with E-state index in [-0.39, 0.29) is 11.4 Å². The van der Waals surface area contributed by atoms with Crippen molar-refractivity contribution in [3.05, 3.63) is 35.4 Å². The highest BCUT2D eigenvalue weighted by atomic mass is 79.9. The van der Waals surface area contributed by atoms with Crippen molar-refractivity contribution in [2.45, 2.75) is 44.6 Å². The van der Waals surface area contributed by atoms with E-state index in [1.165, 1.54) is 18.4 Å². The molecule has 98 valence electrons. The summed E-state index contributed by atoms with van der Waals surface area (Å²) < 4.78 is 0. The Morgan fingerprint density at radius 3 is 2.44 bits per heavy atom. The molecule has 0 aliphatic heterocycles. The molecular formula is C15H20BrNO. The Labute approximate surface area is 117 Å². The third-order valence-electron chi connectivity index (χ3n) is 3.71. The molecule has 1 aliphatic rings. The second kappa shape index (κ2) is 5.87. The molecule has 18 heavy (non-hydrogen) atoms. The first kappa shape index (κ1) is 13.6. The van der Waals surface area contributed by atoms with Crippen molar-refractivity contribution < 1.29 is 4.79 Å². The predicted molar refractivity (Wildman–Crippen MR) is 78.0 cm³/mol. The molecule has 0 aromatic heterocycles. The Morgan fingerprint density at radius 1 is 1.28 bits per heavy atom. The number of halogens is 1. The third-order valence-corrected chi connectivity index (χ3v) is 4.78. The van der Waals surface area contributed by atoms with E-state index in [1.807, 2.05) is 12.1 Å². The molecule has 0 atom stereocenters. The van der Waals surface area contributed by atoms with Crippen LogP contribution in [0.5, 0.6) is 0 Å². The molecule has 1 N–H and O–H groups in total. The topological polar surface area (TPSA) is 29.1 Å².